The van der Waals surface area contributed by atoms with Gasteiger partial charge in [-0.3, -0.25) is 14.9 Å². The lowest BCUT2D eigenvalue weighted by molar-refractivity contribution is -0.530. The van der Waals surface area contributed by atoms with Crippen molar-refractivity contribution in [1.29, 1.82) is 0 Å². The molecule has 2 unspecified atom stereocenters. The molecule has 0 aromatic rings. The topological polar surface area (TPSA) is 101 Å². The predicted molar refractivity (Wildman–Crippen MR) is 50.7 cm³/mol. The second-order valence-corrected chi connectivity index (χ2v) is 2.90. The fourth-order valence-electron chi connectivity index (χ4n) is 0.677. The molecule has 6 nitrogen and oxygen atoms in total. The first-order valence-electron chi connectivity index (χ1n) is 4.34. The molecule has 14 heavy (non-hydrogen) atoms. The number of carboxylic acids is 1. The molecule has 0 fully saturated rings. The van der Waals surface area contributed by atoms with E-state index in [1.54, 1.807) is 0 Å². The van der Waals surface area contributed by atoms with Crippen LogP contribution in [0.15, 0.2) is 0 Å². The van der Waals surface area contributed by atoms with Crippen LogP contribution in [0.3, 0.4) is 0 Å². The molecule has 0 rings (SSSR count). The van der Waals surface area contributed by atoms with E-state index in [0.717, 1.165) is 13.3 Å². The number of carboxylic acid groups (broad SMARTS) is 1. The van der Waals surface area contributed by atoms with E-state index in [1.165, 1.54) is 6.92 Å². The molecule has 0 aliphatic carbocycles. The average Bonchev–Trinajstić information content (AvgIpc) is 2.02. The van der Waals surface area contributed by atoms with Gasteiger partial charge in [-0.25, -0.2) is 0 Å². The van der Waals surface area contributed by atoms with Crippen LogP contribution < -0.4 is 0 Å². The minimum atomic E-state index is -0.833. The predicted octanol–water partition coefficient (Wildman–Crippen LogP) is 0.903. The van der Waals surface area contributed by atoms with Crippen molar-refractivity contribution < 1.29 is 19.9 Å². The molecule has 0 aliphatic heterocycles. The van der Waals surface area contributed by atoms with E-state index in [9.17, 15) is 10.1 Å². The summed E-state index contributed by atoms with van der Waals surface area (Å²) in [6.07, 6.45) is 0.488. The normalized spacial score (nSPS) is 13.4. The van der Waals surface area contributed by atoms with Crippen molar-refractivity contribution in [2.75, 3.05) is 0 Å². The van der Waals surface area contributed by atoms with Gasteiger partial charge in [0.1, 0.15) is 6.10 Å². The maximum Gasteiger partial charge on any atom is 0.300 e. The first kappa shape index (κ1) is 15.3. The van der Waals surface area contributed by atoms with E-state index in [1.807, 2.05) is 6.92 Å². The van der Waals surface area contributed by atoms with Crippen LogP contribution in [0.1, 0.15) is 33.6 Å². The minimum Gasteiger partial charge on any atom is -0.481 e. The molecular weight excluding hydrogens is 190 g/mol. The smallest absolute Gasteiger partial charge is 0.300 e. The lowest BCUT2D eigenvalue weighted by Gasteiger charge is -2.09. The Balaban J connectivity index is 0. The zero-order valence-corrected chi connectivity index (χ0v) is 8.64. The second kappa shape index (κ2) is 8.43. The van der Waals surface area contributed by atoms with Crippen LogP contribution in [0.5, 0.6) is 0 Å². The third-order valence-corrected chi connectivity index (χ3v) is 1.47. The number of hydrogen-bond donors (Lipinski definition) is 2. The Morgan fingerprint density at radius 2 is 1.93 bits per heavy atom. The van der Waals surface area contributed by atoms with E-state index in [4.69, 9.17) is 15.0 Å². The summed E-state index contributed by atoms with van der Waals surface area (Å²) in [5.74, 6) is -0.833. The molecule has 0 saturated carbocycles. The van der Waals surface area contributed by atoms with Crippen molar-refractivity contribution in [1.82, 2.24) is 0 Å². The highest BCUT2D eigenvalue weighted by molar-refractivity contribution is 5.62. The molecule has 0 saturated heterocycles. The number of aliphatic carboxylic acids is 1. The highest BCUT2D eigenvalue weighted by atomic mass is 16.6. The third kappa shape index (κ3) is 10.8. The Labute approximate surface area is 82.7 Å². The number of nitro groups is 1. The first-order valence-corrected chi connectivity index (χ1v) is 4.34. The van der Waals surface area contributed by atoms with Gasteiger partial charge in [0.2, 0.25) is 6.04 Å². The quantitative estimate of drug-likeness (QED) is 0.527. The average molecular weight is 207 g/mol. The fourth-order valence-corrected chi connectivity index (χ4v) is 0.677. The monoisotopic (exact) mass is 207 g/mol. The first-order chi connectivity index (χ1) is 6.32. The van der Waals surface area contributed by atoms with Gasteiger partial charge in [-0.05, 0) is 6.42 Å². The van der Waals surface area contributed by atoms with Crippen LogP contribution in [0.25, 0.3) is 0 Å². The van der Waals surface area contributed by atoms with Crippen molar-refractivity contribution in [2.45, 2.75) is 45.8 Å². The van der Waals surface area contributed by atoms with E-state index < -0.39 is 23.0 Å². The molecule has 0 spiro atoms. The van der Waals surface area contributed by atoms with Crippen LogP contribution in [0.4, 0.5) is 0 Å². The summed E-state index contributed by atoms with van der Waals surface area (Å²) in [6, 6.07) is -0.833. The van der Waals surface area contributed by atoms with Crippen molar-refractivity contribution in [3.05, 3.63) is 10.1 Å². The van der Waals surface area contributed by atoms with Gasteiger partial charge in [0, 0.05) is 18.8 Å². The van der Waals surface area contributed by atoms with Crippen molar-refractivity contribution >= 4 is 5.97 Å². The highest BCUT2D eigenvalue weighted by Crippen LogP contribution is 2.03. The molecule has 0 aromatic carbocycles. The zero-order chi connectivity index (χ0) is 11.7. The van der Waals surface area contributed by atoms with Gasteiger partial charge in [-0.2, -0.15) is 0 Å². The maximum atomic E-state index is 10.1. The summed E-state index contributed by atoms with van der Waals surface area (Å²) in [7, 11) is 0. The Morgan fingerprint density at radius 3 is 2.14 bits per heavy atom. The molecule has 0 radical (unpaired) electrons. The van der Waals surface area contributed by atoms with Crippen LogP contribution in [-0.4, -0.2) is 33.3 Å². The fraction of sp³-hybridized carbons (Fsp3) is 0.875. The molecule has 2 N–H and O–H groups in total. The number of aliphatic hydroxyl groups is 1. The summed E-state index contributed by atoms with van der Waals surface area (Å²) in [6.45, 7) is 4.39. The van der Waals surface area contributed by atoms with Crippen molar-refractivity contribution in [3.8, 4) is 0 Å². The number of carbonyl (C=O) groups is 1. The molecule has 6 heteroatoms. The molecule has 0 aliphatic rings. The number of rotatable bonds is 4. The molecule has 0 heterocycles. The van der Waals surface area contributed by atoms with Crippen molar-refractivity contribution in [2.24, 2.45) is 0 Å². The molecule has 84 valence electrons. The number of hydrogen-bond acceptors (Lipinski definition) is 4. The number of nitrogens with zero attached hydrogens (tertiary/aromatic N) is 1. The van der Waals surface area contributed by atoms with Gasteiger partial charge < -0.3 is 10.2 Å². The van der Waals surface area contributed by atoms with Gasteiger partial charge in [-0.1, -0.05) is 13.3 Å². The SMILES string of the molecule is CC(=O)O.CCCC(O)C(C)[N+](=O)[O-]. The molecular formula is C8H17NO5. The zero-order valence-electron chi connectivity index (χ0n) is 8.64. The summed E-state index contributed by atoms with van der Waals surface area (Å²) in [4.78, 5) is 18.6. The lowest BCUT2D eigenvalue weighted by atomic mass is 10.1. The summed E-state index contributed by atoms with van der Waals surface area (Å²) in [5, 5.41) is 26.5. The Hall–Kier alpha value is -1.17. The van der Waals surface area contributed by atoms with Crippen LogP contribution >= 0.6 is 0 Å². The third-order valence-electron chi connectivity index (χ3n) is 1.47. The van der Waals surface area contributed by atoms with Crippen LogP contribution in [-0.2, 0) is 4.79 Å². The van der Waals surface area contributed by atoms with Gasteiger partial charge >= 0.3 is 0 Å². The Bertz CT molecular complexity index is 179. The molecule has 0 aromatic heterocycles. The van der Waals surface area contributed by atoms with E-state index in [2.05, 4.69) is 0 Å². The van der Waals surface area contributed by atoms with Crippen LogP contribution in [0.2, 0.25) is 0 Å². The maximum absolute atomic E-state index is 10.1. The van der Waals surface area contributed by atoms with Gasteiger partial charge in [0.25, 0.3) is 5.97 Å². The number of aliphatic hydroxyl groups excluding tert-OH is 1. The van der Waals surface area contributed by atoms with E-state index in [-0.39, 0.29) is 0 Å². The molecule has 2 atom stereocenters. The molecule has 0 bridgehead atoms. The standard InChI is InChI=1S/C6H13NO3.C2H4O2/c1-3-4-6(8)5(2)7(9)10;1-2(3)4/h5-6,8H,3-4H2,1-2H3;1H3,(H,3,4). The summed E-state index contributed by atoms with van der Waals surface area (Å²) >= 11 is 0. The molecule has 0 amide bonds. The van der Waals surface area contributed by atoms with Gasteiger partial charge in [-0.15, -0.1) is 0 Å². The lowest BCUT2D eigenvalue weighted by Crippen LogP contribution is -2.30. The second-order valence-electron chi connectivity index (χ2n) is 2.90. The van der Waals surface area contributed by atoms with Gasteiger partial charge in [0.05, 0.1) is 0 Å². The van der Waals surface area contributed by atoms with Crippen molar-refractivity contribution in [3.63, 3.8) is 0 Å². The van der Waals surface area contributed by atoms with Crippen LogP contribution in [0, 0.1) is 10.1 Å². The highest BCUT2D eigenvalue weighted by Gasteiger charge is 2.22. The largest absolute Gasteiger partial charge is 0.481 e. The Morgan fingerprint density at radius 1 is 1.57 bits per heavy atom. The van der Waals surface area contributed by atoms with E-state index in [0.29, 0.717) is 6.42 Å². The Kier molecular flexibility index (Phi) is 9.22. The van der Waals surface area contributed by atoms with E-state index >= 15 is 0 Å². The minimum absolute atomic E-state index is 0.458. The van der Waals surface area contributed by atoms with Gasteiger partial charge in [0.15, 0.2) is 0 Å². The summed E-state index contributed by atoms with van der Waals surface area (Å²) in [5.41, 5.74) is 0. The summed E-state index contributed by atoms with van der Waals surface area (Å²) < 4.78 is 0.